The van der Waals surface area contributed by atoms with Gasteiger partial charge in [-0.3, -0.25) is 9.59 Å². The molecule has 1 aliphatic heterocycles. The first-order chi connectivity index (χ1) is 35.2. The molecule has 72 heavy (non-hydrogen) atoms. The maximum atomic E-state index is 13.3. The van der Waals surface area contributed by atoms with Gasteiger partial charge in [-0.05, 0) is 70.6 Å². The molecule has 11 nitrogen and oxygen atoms in total. The van der Waals surface area contributed by atoms with E-state index in [1.807, 2.05) is 12.2 Å². The van der Waals surface area contributed by atoms with Gasteiger partial charge < -0.3 is 45.1 Å². The predicted molar refractivity (Wildman–Crippen MR) is 296 cm³/mol. The second kappa shape index (κ2) is 49.2. The number of allylic oxidation sites excluding steroid dienone is 8. The fraction of sp³-hybridized carbons (Fsp3) is 0.803. The molecule has 11 heteroatoms. The lowest BCUT2D eigenvalue weighted by Gasteiger charge is -2.41. The Morgan fingerprint density at radius 3 is 1.44 bits per heavy atom. The van der Waals surface area contributed by atoms with Crippen LogP contribution in [-0.2, 0) is 23.8 Å². The summed E-state index contributed by atoms with van der Waals surface area (Å²) in [7, 11) is 0. The number of aliphatic hydroxyl groups excluding tert-OH is 5. The van der Waals surface area contributed by atoms with E-state index in [1.54, 1.807) is 12.2 Å². The first kappa shape index (κ1) is 67.4. The van der Waals surface area contributed by atoms with E-state index in [1.165, 1.54) is 135 Å². The molecule has 1 saturated heterocycles. The molecule has 0 aromatic heterocycles. The number of carbonyl (C=O) groups excluding carboxylic acids is 2. The molecule has 418 valence electrons. The lowest BCUT2D eigenvalue weighted by atomic mass is 9.99. The maximum Gasteiger partial charge on any atom is 0.306 e. The van der Waals surface area contributed by atoms with Crippen molar-refractivity contribution in [3.05, 3.63) is 60.8 Å². The molecule has 1 rings (SSSR count). The third kappa shape index (κ3) is 37.1. The fourth-order valence-electron chi connectivity index (χ4n) is 8.90. The molecule has 1 fully saturated rings. The van der Waals surface area contributed by atoms with Crippen LogP contribution in [0, 0.1) is 0 Å². The van der Waals surface area contributed by atoms with Crippen molar-refractivity contribution in [2.45, 2.75) is 301 Å². The molecule has 8 unspecified atom stereocenters. The van der Waals surface area contributed by atoms with Crippen LogP contribution in [0.4, 0.5) is 0 Å². The number of unbranched alkanes of at least 4 members (excludes halogenated alkanes) is 28. The van der Waals surface area contributed by atoms with Crippen LogP contribution < -0.4 is 5.32 Å². The molecule has 0 saturated carbocycles. The molecule has 8 atom stereocenters. The minimum atomic E-state index is -1.62. The summed E-state index contributed by atoms with van der Waals surface area (Å²) in [6.45, 7) is 5.70. The summed E-state index contributed by atoms with van der Waals surface area (Å²) < 4.78 is 17.6. The predicted octanol–water partition coefficient (Wildman–Crippen LogP) is 13.4. The first-order valence-electron chi connectivity index (χ1n) is 29.6. The van der Waals surface area contributed by atoms with Gasteiger partial charge in [-0.1, -0.05) is 229 Å². The monoisotopic (exact) mass is 1020 g/mol. The number of hydrogen-bond donors (Lipinski definition) is 6. The van der Waals surface area contributed by atoms with Crippen LogP contribution in [-0.4, -0.2) is 99.6 Å². The average Bonchev–Trinajstić information content (AvgIpc) is 3.38. The Labute approximate surface area is 439 Å². The highest BCUT2D eigenvalue weighted by atomic mass is 16.7. The van der Waals surface area contributed by atoms with Crippen LogP contribution in [0.5, 0.6) is 0 Å². The second-order valence-electron chi connectivity index (χ2n) is 20.4. The zero-order chi connectivity index (χ0) is 52.5. The van der Waals surface area contributed by atoms with Gasteiger partial charge in [0.1, 0.15) is 24.4 Å². The number of carbonyl (C=O) groups is 2. The fourth-order valence-corrected chi connectivity index (χ4v) is 8.90. The second-order valence-corrected chi connectivity index (χ2v) is 20.4. The summed E-state index contributed by atoms with van der Waals surface area (Å²) in [4.78, 5) is 26.4. The average molecular weight is 1020 g/mol. The topological polar surface area (TPSA) is 175 Å². The van der Waals surface area contributed by atoms with Gasteiger partial charge in [-0.15, -0.1) is 0 Å². The van der Waals surface area contributed by atoms with E-state index in [-0.39, 0.29) is 19.4 Å². The Balaban J connectivity index is 2.72. The molecule has 6 N–H and O–H groups in total. The van der Waals surface area contributed by atoms with Gasteiger partial charge >= 0.3 is 5.97 Å². The molecule has 1 heterocycles. The third-order valence-corrected chi connectivity index (χ3v) is 13.7. The van der Waals surface area contributed by atoms with E-state index in [9.17, 15) is 35.1 Å². The standard InChI is InChI=1S/C61H109NO10/c1-4-7-10-13-16-19-22-25-26-27-28-29-30-31-34-37-40-43-46-49-56(66)72-59-58(68)57(67)55(50-63)71-61(59)70-51-52(53(64)47-44-41-38-35-32-23-20-17-14-11-8-5-2)62-60(69)54(65)48-45-42-39-36-33-24-21-18-15-12-9-6-3/h16,19,25-26,33,36,42,44-45,47,52-55,57-59,61,63-65,67-68H,4-15,17-18,20-24,27-32,34-35,37-41,43,46,48-51H2,1-3H3,(H,62,69)/b19-16-,26-25-,36-33-,45-42+,47-44+. The van der Waals surface area contributed by atoms with Crippen molar-refractivity contribution in [1.82, 2.24) is 5.32 Å². The van der Waals surface area contributed by atoms with Crippen LogP contribution in [0.15, 0.2) is 60.8 Å². The van der Waals surface area contributed by atoms with Gasteiger partial charge in [-0.2, -0.15) is 0 Å². The summed E-state index contributed by atoms with van der Waals surface area (Å²) in [5.74, 6) is -1.27. The third-order valence-electron chi connectivity index (χ3n) is 13.7. The minimum absolute atomic E-state index is 0.0810. The Kier molecular flexibility index (Phi) is 46.1. The first-order valence-corrected chi connectivity index (χ1v) is 29.6. The van der Waals surface area contributed by atoms with Gasteiger partial charge in [0.2, 0.25) is 5.91 Å². The molecule has 0 aliphatic carbocycles. The van der Waals surface area contributed by atoms with E-state index in [0.717, 1.165) is 70.6 Å². The molecule has 0 bridgehead atoms. The Hall–Kier alpha value is -2.64. The largest absolute Gasteiger partial charge is 0.454 e. The number of amides is 1. The van der Waals surface area contributed by atoms with Crippen LogP contribution in [0.3, 0.4) is 0 Å². The van der Waals surface area contributed by atoms with Crippen molar-refractivity contribution in [1.29, 1.82) is 0 Å². The Bertz CT molecular complexity index is 1400. The smallest absolute Gasteiger partial charge is 0.306 e. The van der Waals surface area contributed by atoms with Crippen molar-refractivity contribution in [2.24, 2.45) is 0 Å². The molecule has 1 aliphatic rings. The summed E-state index contributed by atoms with van der Waals surface area (Å²) >= 11 is 0. The van der Waals surface area contributed by atoms with Crippen molar-refractivity contribution in [3.63, 3.8) is 0 Å². The minimum Gasteiger partial charge on any atom is -0.454 e. The van der Waals surface area contributed by atoms with E-state index in [4.69, 9.17) is 14.2 Å². The van der Waals surface area contributed by atoms with E-state index < -0.39 is 67.4 Å². The number of rotatable bonds is 49. The normalized spacial score (nSPS) is 19.9. The van der Waals surface area contributed by atoms with E-state index in [0.29, 0.717) is 12.8 Å². The number of ether oxygens (including phenoxy) is 3. The highest BCUT2D eigenvalue weighted by Crippen LogP contribution is 2.26. The van der Waals surface area contributed by atoms with E-state index in [2.05, 4.69) is 62.5 Å². The Morgan fingerprint density at radius 1 is 0.542 bits per heavy atom. The lowest BCUT2D eigenvalue weighted by molar-refractivity contribution is -0.305. The zero-order valence-corrected chi connectivity index (χ0v) is 46.0. The summed E-state index contributed by atoms with van der Waals surface area (Å²) in [6, 6.07) is -1.05. The summed E-state index contributed by atoms with van der Waals surface area (Å²) in [6.07, 6.45) is 50.0. The van der Waals surface area contributed by atoms with Gasteiger partial charge in [0.15, 0.2) is 12.4 Å². The molecular weight excluding hydrogens is 907 g/mol. The summed E-state index contributed by atoms with van der Waals surface area (Å²) in [5.41, 5.74) is 0. The van der Waals surface area contributed by atoms with Crippen LogP contribution in [0.25, 0.3) is 0 Å². The molecule has 0 radical (unpaired) electrons. The zero-order valence-electron chi connectivity index (χ0n) is 46.0. The van der Waals surface area contributed by atoms with Crippen molar-refractivity contribution in [2.75, 3.05) is 13.2 Å². The number of hydrogen-bond acceptors (Lipinski definition) is 10. The Morgan fingerprint density at radius 2 is 0.958 bits per heavy atom. The molecule has 0 aromatic rings. The van der Waals surface area contributed by atoms with Crippen LogP contribution in [0.2, 0.25) is 0 Å². The van der Waals surface area contributed by atoms with Gasteiger partial charge in [-0.25, -0.2) is 0 Å². The van der Waals surface area contributed by atoms with Gasteiger partial charge in [0, 0.05) is 12.8 Å². The van der Waals surface area contributed by atoms with Gasteiger partial charge in [0.05, 0.1) is 25.4 Å². The maximum absolute atomic E-state index is 13.3. The van der Waals surface area contributed by atoms with E-state index >= 15 is 0 Å². The molecule has 0 spiro atoms. The quantitative estimate of drug-likeness (QED) is 0.0195. The van der Waals surface area contributed by atoms with Crippen LogP contribution >= 0.6 is 0 Å². The van der Waals surface area contributed by atoms with Gasteiger partial charge in [0.25, 0.3) is 0 Å². The highest BCUT2D eigenvalue weighted by molar-refractivity contribution is 5.81. The molecular formula is C61H109NO10. The molecule has 0 aromatic carbocycles. The SMILES string of the molecule is CCCCC/C=C\C/C=C\CCCCCCCCCCCC(=O)OC1C(OCC(NC(=O)C(O)C/C=C/C/C=C\CCCCCCCC)C(O)/C=C/CCCCCCCCCCCC)OC(CO)C(O)C1O. The highest BCUT2D eigenvalue weighted by Gasteiger charge is 2.47. The van der Waals surface area contributed by atoms with Crippen molar-refractivity contribution >= 4 is 11.9 Å². The summed E-state index contributed by atoms with van der Waals surface area (Å²) in [5, 5.41) is 56.7. The lowest BCUT2D eigenvalue weighted by Crippen LogP contribution is -2.61. The number of nitrogens with one attached hydrogen (secondary N) is 1. The molecule has 1 amide bonds. The van der Waals surface area contributed by atoms with Crippen molar-refractivity contribution in [3.8, 4) is 0 Å². The number of esters is 1. The van der Waals surface area contributed by atoms with Crippen molar-refractivity contribution < 1.29 is 49.3 Å². The number of aliphatic hydroxyl groups is 5. The van der Waals surface area contributed by atoms with Crippen LogP contribution in [0.1, 0.15) is 252 Å².